The van der Waals surface area contributed by atoms with Gasteiger partial charge in [0.15, 0.2) is 0 Å². The third-order valence-electron chi connectivity index (χ3n) is 4.59. The Balaban J connectivity index is 1.70. The van der Waals surface area contributed by atoms with Crippen molar-refractivity contribution in [2.24, 2.45) is 0 Å². The highest BCUT2D eigenvalue weighted by Crippen LogP contribution is 2.25. The first kappa shape index (κ1) is 17.1. The Hall–Kier alpha value is -2.69. The second kappa shape index (κ2) is 7.47. The van der Waals surface area contributed by atoms with E-state index in [9.17, 15) is 14.0 Å². The maximum Gasteiger partial charge on any atom is 0.249 e. The van der Waals surface area contributed by atoms with Crippen LogP contribution in [0.15, 0.2) is 54.6 Å². The van der Waals surface area contributed by atoms with Crippen molar-refractivity contribution in [3.05, 3.63) is 66.0 Å². The molecule has 130 valence electrons. The normalized spacial score (nSPS) is 18.2. The fraction of sp³-hybridized carbons (Fsp3) is 0.300. The van der Waals surface area contributed by atoms with E-state index in [1.165, 1.54) is 11.0 Å². The number of carbonyl (C=O) groups excluding carboxylic acids is 2. The van der Waals surface area contributed by atoms with Gasteiger partial charge >= 0.3 is 0 Å². The third-order valence-corrected chi connectivity index (χ3v) is 4.59. The predicted octanol–water partition coefficient (Wildman–Crippen LogP) is 3.24. The van der Waals surface area contributed by atoms with E-state index in [2.05, 4.69) is 5.32 Å². The first-order valence-electron chi connectivity index (χ1n) is 8.53. The van der Waals surface area contributed by atoms with Crippen LogP contribution in [0.25, 0.3) is 0 Å². The molecule has 1 heterocycles. The van der Waals surface area contributed by atoms with Crippen molar-refractivity contribution in [2.75, 3.05) is 11.4 Å². The van der Waals surface area contributed by atoms with Crippen LogP contribution in [0, 0.1) is 5.82 Å². The van der Waals surface area contributed by atoms with Gasteiger partial charge in [-0.3, -0.25) is 9.59 Å². The molecule has 0 saturated carbocycles. The van der Waals surface area contributed by atoms with E-state index in [0.29, 0.717) is 19.4 Å². The summed E-state index contributed by atoms with van der Waals surface area (Å²) in [5, 5.41) is 2.84. The first-order valence-corrected chi connectivity index (χ1v) is 8.53. The summed E-state index contributed by atoms with van der Waals surface area (Å²) in [7, 11) is 0. The summed E-state index contributed by atoms with van der Waals surface area (Å²) < 4.78 is 13.9. The van der Waals surface area contributed by atoms with Crippen LogP contribution in [-0.2, 0) is 9.59 Å². The van der Waals surface area contributed by atoms with Crippen molar-refractivity contribution < 1.29 is 14.0 Å². The highest BCUT2D eigenvalue weighted by Gasteiger charge is 2.35. The number of hydrogen-bond acceptors (Lipinski definition) is 2. The molecule has 2 aromatic rings. The molecule has 2 amide bonds. The number of carbonyl (C=O) groups is 2. The van der Waals surface area contributed by atoms with Gasteiger partial charge in [0.05, 0.1) is 11.6 Å². The summed E-state index contributed by atoms with van der Waals surface area (Å²) in [6, 6.07) is 15.1. The van der Waals surface area contributed by atoms with E-state index < -0.39 is 11.9 Å². The van der Waals surface area contributed by atoms with Crippen LogP contribution < -0.4 is 10.2 Å². The van der Waals surface area contributed by atoms with E-state index in [0.717, 1.165) is 5.56 Å². The Morgan fingerprint density at radius 2 is 1.88 bits per heavy atom. The number of amides is 2. The third kappa shape index (κ3) is 3.55. The summed E-state index contributed by atoms with van der Waals surface area (Å²) in [4.78, 5) is 26.6. The zero-order chi connectivity index (χ0) is 17.8. The van der Waals surface area contributed by atoms with Crippen molar-refractivity contribution in [1.82, 2.24) is 5.32 Å². The molecule has 2 unspecified atom stereocenters. The maximum atomic E-state index is 13.9. The Kier molecular flexibility index (Phi) is 5.12. The molecule has 1 aliphatic rings. The summed E-state index contributed by atoms with van der Waals surface area (Å²) in [5.74, 6) is -1.15. The van der Waals surface area contributed by atoms with Crippen LogP contribution in [0.1, 0.15) is 31.2 Å². The van der Waals surface area contributed by atoms with Gasteiger partial charge in [0.25, 0.3) is 0 Å². The second-order valence-electron chi connectivity index (χ2n) is 6.16. The molecule has 0 bridgehead atoms. The molecular weight excluding hydrogens is 319 g/mol. The van der Waals surface area contributed by atoms with Crippen LogP contribution in [0.5, 0.6) is 0 Å². The molecular formula is C20H21FN2O2. The number of para-hydroxylation sites is 1. The minimum Gasteiger partial charge on any atom is -0.344 e. The molecule has 25 heavy (non-hydrogen) atoms. The minimum atomic E-state index is -0.607. The fourth-order valence-corrected chi connectivity index (χ4v) is 3.25. The number of nitrogens with zero attached hydrogens (tertiary/aromatic N) is 1. The molecule has 5 heteroatoms. The first-order chi connectivity index (χ1) is 12.1. The monoisotopic (exact) mass is 340 g/mol. The fourth-order valence-electron chi connectivity index (χ4n) is 3.25. The topological polar surface area (TPSA) is 49.4 Å². The molecule has 1 saturated heterocycles. The number of hydrogen-bond donors (Lipinski definition) is 1. The average Bonchev–Trinajstić information content (AvgIpc) is 2.97. The van der Waals surface area contributed by atoms with Gasteiger partial charge < -0.3 is 10.2 Å². The van der Waals surface area contributed by atoms with Gasteiger partial charge in [-0.25, -0.2) is 4.39 Å². The lowest BCUT2D eigenvalue weighted by molar-refractivity contribution is -0.127. The molecule has 1 fully saturated rings. The number of anilines is 1. The van der Waals surface area contributed by atoms with Gasteiger partial charge in [-0.2, -0.15) is 0 Å². The molecule has 1 N–H and O–H groups in total. The molecule has 3 rings (SSSR count). The second-order valence-corrected chi connectivity index (χ2v) is 6.16. The summed E-state index contributed by atoms with van der Waals surface area (Å²) >= 11 is 0. The van der Waals surface area contributed by atoms with Crippen molar-refractivity contribution >= 4 is 17.5 Å². The minimum absolute atomic E-state index is 0.164. The maximum absolute atomic E-state index is 13.9. The number of halogens is 1. The highest BCUT2D eigenvalue weighted by atomic mass is 19.1. The van der Waals surface area contributed by atoms with Crippen molar-refractivity contribution in [2.45, 2.75) is 31.7 Å². The Morgan fingerprint density at radius 1 is 1.20 bits per heavy atom. The van der Waals surface area contributed by atoms with Gasteiger partial charge in [0, 0.05) is 6.54 Å². The van der Waals surface area contributed by atoms with E-state index in [1.54, 1.807) is 18.2 Å². The van der Waals surface area contributed by atoms with E-state index >= 15 is 0 Å². The number of benzene rings is 2. The number of rotatable bonds is 5. The van der Waals surface area contributed by atoms with Crippen molar-refractivity contribution in [3.63, 3.8) is 0 Å². The average molecular weight is 340 g/mol. The number of nitrogens with one attached hydrogen (secondary N) is 1. The summed E-state index contributed by atoms with van der Waals surface area (Å²) in [5.41, 5.74) is 1.19. The van der Waals surface area contributed by atoms with Gasteiger partial charge in [-0.1, -0.05) is 49.4 Å². The van der Waals surface area contributed by atoms with Crippen molar-refractivity contribution in [1.29, 1.82) is 0 Å². The van der Waals surface area contributed by atoms with Crippen LogP contribution in [0.3, 0.4) is 0 Å². The lowest BCUT2D eigenvalue weighted by Crippen LogP contribution is -2.43. The predicted molar refractivity (Wildman–Crippen MR) is 94.8 cm³/mol. The van der Waals surface area contributed by atoms with E-state index in [-0.39, 0.29) is 23.4 Å². The SMILES string of the molecule is CCC(C(=O)NC1CCN(c2ccccc2F)C1=O)c1ccccc1. The van der Waals surface area contributed by atoms with Gasteiger partial charge in [0.2, 0.25) is 11.8 Å². The smallest absolute Gasteiger partial charge is 0.249 e. The summed E-state index contributed by atoms with van der Waals surface area (Å²) in [6.07, 6.45) is 1.12. The molecule has 1 aliphatic heterocycles. The Morgan fingerprint density at radius 3 is 2.56 bits per heavy atom. The molecule has 0 spiro atoms. The van der Waals surface area contributed by atoms with Gasteiger partial charge in [0.1, 0.15) is 11.9 Å². The van der Waals surface area contributed by atoms with Gasteiger partial charge in [-0.15, -0.1) is 0 Å². The van der Waals surface area contributed by atoms with Crippen LogP contribution >= 0.6 is 0 Å². The largest absolute Gasteiger partial charge is 0.344 e. The molecule has 2 aromatic carbocycles. The van der Waals surface area contributed by atoms with Crippen molar-refractivity contribution in [3.8, 4) is 0 Å². The highest BCUT2D eigenvalue weighted by molar-refractivity contribution is 6.02. The van der Waals surface area contributed by atoms with Crippen LogP contribution in [0.2, 0.25) is 0 Å². The quantitative estimate of drug-likeness (QED) is 0.908. The zero-order valence-electron chi connectivity index (χ0n) is 14.1. The molecule has 4 nitrogen and oxygen atoms in total. The molecule has 0 radical (unpaired) electrons. The lowest BCUT2D eigenvalue weighted by Gasteiger charge is -2.20. The lowest BCUT2D eigenvalue weighted by atomic mass is 9.95. The van der Waals surface area contributed by atoms with E-state index in [1.807, 2.05) is 37.3 Å². The Labute approximate surface area is 146 Å². The summed E-state index contributed by atoms with van der Waals surface area (Å²) in [6.45, 7) is 2.34. The van der Waals surface area contributed by atoms with E-state index in [4.69, 9.17) is 0 Å². The molecule has 2 atom stereocenters. The molecule has 0 aliphatic carbocycles. The molecule has 0 aromatic heterocycles. The van der Waals surface area contributed by atoms with Gasteiger partial charge in [-0.05, 0) is 30.5 Å². The standard InChI is InChI=1S/C20H21FN2O2/c1-2-15(14-8-4-3-5-9-14)19(24)22-17-12-13-23(20(17)25)18-11-7-6-10-16(18)21/h3-11,15,17H,2,12-13H2,1H3,(H,22,24). The Bertz CT molecular complexity index is 763. The van der Waals surface area contributed by atoms with Crippen LogP contribution in [-0.4, -0.2) is 24.4 Å². The zero-order valence-corrected chi connectivity index (χ0v) is 14.1. The van der Waals surface area contributed by atoms with Crippen LogP contribution in [0.4, 0.5) is 10.1 Å².